The van der Waals surface area contributed by atoms with Gasteiger partial charge in [0.05, 0.1) is 8.04 Å². The number of carbonyl (C=O) groups is 1. The molecular weight excluding hydrogens is 610 g/mol. The highest BCUT2D eigenvalue weighted by Gasteiger charge is 2.14. The number of hydrogen-bond donors (Lipinski definition) is 1. The highest BCUT2D eigenvalue weighted by atomic mass is 127. The lowest BCUT2D eigenvalue weighted by atomic mass is 10.1. The van der Waals surface area contributed by atoms with Gasteiger partial charge in [0, 0.05) is 10.7 Å². The smallest absolute Gasteiger partial charge is 0.266 e. The molecule has 0 spiro atoms. The van der Waals surface area contributed by atoms with Gasteiger partial charge in [-0.15, -0.1) is 0 Å². The summed E-state index contributed by atoms with van der Waals surface area (Å²) in [4.78, 5) is 12.6. The zero-order valence-electron chi connectivity index (χ0n) is 16.8. The molecule has 0 saturated carbocycles. The summed E-state index contributed by atoms with van der Waals surface area (Å²) in [5.74, 6) is -0.268. The molecule has 8 heteroatoms. The molecule has 1 N–H and O–H groups in total. The van der Waals surface area contributed by atoms with Crippen LogP contribution in [0.15, 0.2) is 64.6 Å². The molecule has 162 valence electrons. The lowest BCUT2D eigenvalue weighted by molar-refractivity contribution is -0.112. The minimum atomic E-state index is -0.532. The Kier molecular flexibility index (Phi) is 8.29. The maximum Gasteiger partial charge on any atom is 0.266 e. The van der Waals surface area contributed by atoms with Gasteiger partial charge in [0.1, 0.15) is 29.8 Å². The van der Waals surface area contributed by atoms with Crippen molar-refractivity contribution in [2.45, 2.75) is 13.5 Å². The topological polar surface area (TPSA) is 62.1 Å². The Balaban J connectivity index is 1.79. The first-order valence-electron chi connectivity index (χ1n) is 9.33. The average molecular weight is 626 g/mol. The number of anilines is 1. The zero-order valence-corrected chi connectivity index (χ0v) is 21.3. The number of nitrogens with zero attached hydrogens (tertiary/aromatic N) is 1. The largest absolute Gasteiger partial charge is 0.487 e. The molecule has 0 aromatic heterocycles. The summed E-state index contributed by atoms with van der Waals surface area (Å²) in [6.45, 7) is 1.99. The summed E-state index contributed by atoms with van der Waals surface area (Å²) < 4.78 is 20.6. The molecule has 0 saturated heterocycles. The van der Waals surface area contributed by atoms with Crippen LogP contribution in [0.5, 0.6) is 5.75 Å². The standard InChI is InChI=1S/C24H16BrClFIN2O2/c1-14-20(26)6-3-7-22(14)30-24(31)17(12-29)8-16-10-19(25)23(21(28)11-16)32-13-15-4-2-5-18(27)9-15/h2-11H,13H2,1H3,(H,30,31)/b17-8-. The predicted molar refractivity (Wildman–Crippen MR) is 136 cm³/mol. The van der Waals surface area contributed by atoms with Gasteiger partial charge in [-0.2, -0.15) is 5.26 Å². The molecule has 0 aliphatic heterocycles. The van der Waals surface area contributed by atoms with Crippen LogP contribution in [0.4, 0.5) is 10.1 Å². The van der Waals surface area contributed by atoms with Crippen LogP contribution in [-0.2, 0) is 11.4 Å². The number of halogens is 4. The normalized spacial score (nSPS) is 11.1. The summed E-state index contributed by atoms with van der Waals surface area (Å²) in [7, 11) is 0. The third kappa shape index (κ3) is 6.09. The Hall–Kier alpha value is -2.41. The second-order valence-corrected chi connectivity index (χ2v) is 9.19. The molecule has 0 radical (unpaired) electrons. The lowest BCUT2D eigenvalue weighted by Gasteiger charge is -2.12. The van der Waals surface area contributed by atoms with Gasteiger partial charge in [0.2, 0.25) is 0 Å². The fraction of sp³-hybridized carbons (Fsp3) is 0.0833. The number of ether oxygens (including phenoxy) is 1. The van der Waals surface area contributed by atoms with Gasteiger partial charge in [0.25, 0.3) is 5.91 Å². The Morgan fingerprint density at radius 2 is 2.03 bits per heavy atom. The highest BCUT2D eigenvalue weighted by Crippen LogP contribution is 2.33. The molecule has 0 aliphatic rings. The first-order chi connectivity index (χ1) is 15.3. The van der Waals surface area contributed by atoms with Crippen molar-refractivity contribution in [2.75, 3.05) is 5.32 Å². The van der Waals surface area contributed by atoms with E-state index in [1.165, 1.54) is 18.2 Å². The van der Waals surface area contributed by atoms with Crippen molar-refractivity contribution in [3.8, 4) is 11.8 Å². The van der Waals surface area contributed by atoms with Gasteiger partial charge in [-0.05, 0) is 105 Å². The molecule has 0 aliphatic carbocycles. The van der Waals surface area contributed by atoms with Crippen LogP contribution in [0.2, 0.25) is 5.02 Å². The molecule has 1 amide bonds. The van der Waals surface area contributed by atoms with E-state index < -0.39 is 5.91 Å². The minimum Gasteiger partial charge on any atom is -0.487 e. The first kappa shape index (κ1) is 24.2. The molecule has 0 fully saturated rings. The maximum atomic E-state index is 13.4. The fourth-order valence-corrected chi connectivity index (χ4v) is 4.77. The van der Waals surface area contributed by atoms with Crippen molar-refractivity contribution in [2.24, 2.45) is 0 Å². The van der Waals surface area contributed by atoms with Crippen molar-refractivity contribution in [1.82, 2.24) is 0 Å². The minimum absolute atomic E-state index is 0.0551. The van der Waals surface area contributed by atoms with Gasteiger partial charge in [0.15, 0.2) is 0 Å². The molecule has 4 nitrogen and oxygen atoms in total. The third-order valence-corrected chi connectivity index (χ3v) is 6.28. The lowest BCUT2D eigenvalue weighted by Crippen LogP contribution is -2.14. The fourth-order valence-electron chi connectivity index (χ4n) is 2.83. The van der Waals surface area contributed by atoms with Crippen molar-refractivity contribution >= 4 is 67.8 Å². The zero-order chi connectivity index (χ0) is 23.3. The van der Waals surface area contributed by atoms with Crippen molar-refractivity contribution in [1.29, 1.82) is 5.26 Å². The molecule has 3 aromatic rings. The molecule has 0 bridgehead atoms. The van der Waals surface area contributed by atoms with E-state index in [2.05, 4.69) is 43.8 Å². The summed E-state index contributed by atoms with van der Waals surface area (Å²) in [5, 5.41) is 12.8. The van der Waals surface area contributed by atoms with E-state index in [4.69, 9.17) is 16.3 Å². The Morgan fingerprint density at radius 1 is 1.28 bits per heavy atom. The van der Waals surface area contributed by atoms with E-state index >= 15 is 0 Å². The predicted octanol–water partition coefficient (Wildman–Crippen LogP) is 7.28. The first-order valence-corrected chi connectivity index (χ1v) is 11.6. The number of amides is 1. The monoisotopic (exact) mass is 624 g/mol. The summed E-state index contributed by atoms with van der Waals surface area (Å²) in [6, 6.07) is 16.9. The number of hydrogen-bond acceptors (Lipinski definition) is 3. The molecular formula is C24H16BrClFIN2O2. The van der Waals surface area contributed by atoms with Crippen molar-refractivity contribution in [3.05, 3.63) is 95.7 Å². The summed E-state index contributed by atoms with van der Waals surface area (Å²) in [6.07, 6.45) is 1.50. The molecule has 0 atom stereocenters. The van der Waals surface area contributed by atoms with Crippen LogP contribution in [0, 0.1) is 27.6 Å². The average Bonchev–Trinajstić information content (AvgIpc) is 2.74. The second kappa shape index (κ2) is 10.9. The van der Waals surface area contributed by atoms with Gasteiger partial charge in [-0.25, -0.2) is 4.39 Å². The summed E-state index contributed by atoms with van der Waals surface area (Å²) >= 11 is 11.7. The van der Waals surface area contributed by atoms with Crippen LogP contribution in [0.1, 0.15) is 16.7 Å². The van der Waals surface area contributed by atoms with E-state index in [9.17, 15) is 14.4 Å². The van der Waals surface area contributed by atoms with Crippen LogP contribution in [0.3, 0.4) is 0 Å². The molecule has 3 aromatic carbocycles. The molecule has 0 unspecified atom stereocenters. The van der Waals surface area contributed by atoms with Gasteiger partial charge in [-0.1, -0.05) is 29.8 Å². The van der Waals surface area contributed by atoms with Crippen molar-refractivity contribution in [3.63, 3.8) is 0 Å². The summed E-state index contributed by atoms with van der Waals surface area (Å²) in [5.41, 5.74) is 2.56. The number of carbonyl (C=O) groups excluding carboxylic acids is 1. The quantitative estimate of drug-likeness (QED) is 0.178. The van der Waals surface area contributed by atoms with Crippen LogP contribution in [-0.4, -0.2) is 5.91 Å². The van der Waals surface area contributed by atoms with Gasteiger partial charge >= 0.3 is 0 Å². The van der Waals surface area contributed by atoms with E-state index in [0.717, 1.165) is 9.13 Å². The van der Waals surface area contributed by atoms with Gasteiger partial charge in [-0.3, -0.25) is 4.79 Å². The SMILES string of the molecule is Cc1c(Cl)cccc1NC(=O)/C(C#N)=C\c1cc(Br)c(OCc2cccc(F)c2)c(I)c1. The maximum absolute atomic E-state index is 13.4. The van der Waals surface area contributed by atoms with Crippen LogP contribution in [0.25, 0.3) is 6.08 Å². The molecule has 3 rings (SSSR count). The van der Waals surface area contributed by atoms with E-state index in [-0.39, 0.29) is 18.0 Å². The number of nitriles is 1. The number of benzene rings is 3. The number of nitrogens with one attached hydrogen (secondary N) is 1. The van der Waals surface area contributed by atoms with E-state index in [1.54, 1.807) is 49.4 Å². The molecule has 0 heterocycles. The second-order valence-electron chi connectivity index (χ2n) is 6.77. The Morgan fingerprint density at radius 3 is 2.72 bits per heavy atom. The van der Waals surface area contributed by atoms with Gasteiger partial charge < -0.3 is 10.1 Å². The highest BCUT2D eigenvalue weighted by molar-refractivity contribution is 14.1. The third-order valence-electron chi connectivity index (χ3n) is 4.48. The van der Waals surface area contributed by atoms with Crippen LogP contribution >= 0.6 is 50.1 Å². The number of rotatable bonds is 6. The van der Waals surface area contributed by atoms with E-state index in [0.29, 0.717) is 32.1 Å². The Bertz CT molecular complexity index is 1230. The van der Waals surface area contributed by atoms with E-state index in [1.807, 2.05) is 6.07 Å². The van der Waals surface area contributed by atoms with Crippen LogP contribution < -0.4 is 10.1 Å². The Labute approximate surface area is 212 Å². The molecule has 32 heavy (non-hydrogen) atoms. The van der Waals surface area contributed by atoms with Crippen molar-refractivity contribution < 1.29 is 13.9 Å².